The summed E-state index contributed by atoms with van der Waals surface area (Å²) in [5.74, 6) is 5.79. The number of hydrogen-bond donors (Lipinski definition) is 0. The molecular formula is C28H58Cl2Si3Zr. The average molecular weight is 641 g/mol. The standard InChI is InChI=1S/C26H52Si3.2CH3.2ClH.Zr/c1-7-8-10-19-13-14-21(17-19)27(2)28(3)25-16-15-23-24(25)18-20-11-9-12-22(20)26(23)29(4,5)6;;;;;/h19-28H,7-18H2,1-6H3;2*1H3;2*1H;/q;2*-1;;;+4/p-2. The summed E-state index contributed by atoms with van der Waals surface area (Å²) in [6.45, 7) is 16.3. The van der Waals surface area contributed by atoms with Crippen molar-refractivity contribution in [3.8, 4) is 0 Å². The maximum absolute atomic E-state index is 4.93. The molecule has 0 aromatic heterocycles. The molecule has 0 spiro atoms. The van der Waals surface area contributed by atoms with Crippen molar-refractivity contribution in [1.29, 1.82) is 0 Å². The first-order chi connectivity index (χ1) is 15.2. The molecule has 6 heteroatoms. The van der Waals surface area contributed by atoms with Gasteiger partial charge in [0, 0.05) is 24.7 Å². The molecule has 0 N–H and O–H groups in total. The van der Waals surface area contributed by atoms with Crippen LogP contribution in [0.3, 0.4) is 0 Å². The van der Waals surface area contributed by atoms with Gasteiger partial charge in [-0.05, 0) is 47.1 Å². The van der Waals surface area contributed by atoms with Gasteiger partial charge in [0.2, 0.25) is 0 Å². The summed E-state index contributed by atoms with van der Waals surface area (Å²) in [6.07, 6.45) is 19.1. The van der Waals surface area contributed by atoms with Crippen LogP contribution in [-0.2, 0) is 20.8 Å². The summed E-state index contributed by atoms with van der Waals surface area (Å²) in [5.41, 5.74) is 3.69. The predicted molar refractivity (Wildman–Crippen MR) is 164 cm³/mol. The summed E-state index contributed by atoms with van der Waals surface area (Å²) < 4.78 is 0. The van der Waals surface area contributed by atoms with E-state index in [1.165, 1.54) is 41.3 Å². The van der Waals surface area contributed by atoms with Crippen molar-refractivity contribution >= 4 is 41.7 Å². The van der Waals surface area contributed by atoms with Gasteiger partial charge in [-0.15, -0.1) is 0 Å². The number of hydrogen-bond acceptors (Lipinski definition) is 0. The van der Waals surface area contributed by atoms with E-state index < -0.39 is 45.6 Å². The van der Waals surface area contributed by atoms with Crippen LogP contribution in [0.15, 0.2) is 0 Å². The Hall–Kier alpha value is 2.11. The van der Waals surface area contributed by atoms with Crippen molar-refractivity contribution in [2.45, 2.75) is 133 Å². The van der Waals surface area contributed by atoms with Gasteiger partial charge in [-0.2, -0.15) is 0 Å². The minimum atomic E-state index is -1.04. The molecule has 4 saturated carbocycles. The van der Waals surface area contributed by atoms with E-state index in [2.05, 4.69) is 39.7 Å². The Kier molecular flexibility index (Phi) is 15.7. The van der Waals surface area contributed by atoms with E-state index in [9.17, 15) is 0 Å². The number of fused-ring (bicyclic) bond motifs is 2. The van der Waals surface area contributed by atoms with Gasteiger partial charge < -0.3 is 14.9 Å². The van der Waals surface area contributed by atoms with E-state index in [1.807, 2.05) is 0 Å². The minimum absolute atomic E-state index is 0. The second-order valence-electron chi connectivity index (χ2n) is 13.4. The Morgan fingerprint density at radius 1 is 0.824 bits per heavy atom. The molecule has 0 aliphatic heterocycles. The van der Waals surface area contributed by atoms with Gasteiger partial charge in [0.25, 0.3) is 0 Å². The molecule has 4 rings (SSSR count). The first-order valence-corrected chi connectivity index (χ1v) is 30.4. The molecule has 0 nitrogen and oxygen atoms in total. The normalized spacial score (nSPS) is 38.2. The molecule has 0 aromatic rings. The Morgan fingerprint density at radius 3 is 2.12 bits per heavy atom. The Morgan fingerprint density at radius 2 is 1.50 bits per heavy atom. The Balaban J connectivity index is 0.00000110. The van der Waals surface area contributed by atoms with E-state index in [1.54, 1.807) is 64.2 Å². The molecule has 34 heavy (non-hydrogen) atoms. The Labute approximate surface area is 238 Å². The number of unbranched alkanes of at least 4 members (excludes halogenated alkanes) is 1. The summed E-state index contributed by atoms with van der Waals surface area (Å²) in [6, 6.07) is 0. The zero-order valence-electron chi connectivity index (χ0n) is 24.0. The van der Waals surface area contributed by atoms with E-state index in [4.69, 9.17) is 17.0 Å². The summed E-state index contributed by atoms with van der Waals surface area (Å²) in [5, 5.41) is 0. The van der Waals surface area contributed by atoms with E-state index in [0.717, 1.165) is 17.8 Å². The van der Waals surface area contributed by atoms with E-state index in [-0.39, 0.29) is 14.9 Å². The fraction of sp³-hybridized carbons (Fsp3) is 0.929. The molecule has 0 bridgehead atoms. The van der Waals surface area contributed by atoms with Gasteiger partial charge in [0.15, 0.2) is 0 Å². The van der Waals surface area contributed by atoms with E-state index in [0.29, 0.717) is 0 Å². The van der Waals surface area contributed by atoms with Crippen LogP contribution >= 0.6 is 17.0 Å². The second kappa shape index (κ2) is 15.6. The van der Waals surface area contributed by atoms with Crippen molar-refractivity contribution in [3.05, 3.63) is 14.9 Å². The van der Waals surface area contributed by atoms with Gasteiger partial charge in [0.1, 0.15) is 0 Å². The van der Waals surface area contributed by atoms with Gasteiger partial charge >= 0.3 is 37.9 Å². The third-order valence-corrected chi connectivity index (χ3v) is 27.8. The quantitative estimate of drug-likeness (QED) is 0.192. The van der Waals surface area contributed by atoms with Crippen LogP contribution < -0.4 is 0 Å². The van der Waals surface area contributed by atoms with Crippen LogP contribution in [0.2, 0.25) is 49.4 Å². The molecule has 0 saturated heterocycles. The second-order valence-corrected chi connectivity index (χ2v) is 34.1. The van der Waals surface area contributed by atoms with Gasteiger partial charge in [-0.3, -0.25) is 0 Å². The van der Waals surface area contributed by atoms with Crippen molar-refractivity contribution in [1.82, 2.24) is 0 Å². The molecule has 200 valence electrons. The zero-order valence-corrected chi connectivity index (χ0v) is 31.3. The van der Waals surface area contributed by atoms with Crippen LogP contribution in [-0.4, -0.2) is 24.7 Å². The van der Waals surface area contributed by atoms with Gasteiger partial charge in [-0.25, -0.2) is 0 Å². The SMILES string of the molecule is CCCCC1CCC([SiH](C)[SiH](C)C2CCC3C2CC2CCCC2C3[Si](C)(C)C)C1.[CH3-].[CH3-].[Cl][Zr+2][Cl]. The molecular weight excluding hydrogens is 583 g/mol. The van der Waals surface area contributed by atoms with Crippen molar-refractivity contribution in [2.24, 2.45) is 29.6 Å². The fourth-order valence-electron chi connectivity index (χ4n) is 9.53. The first-order valence-electron chi connectivity index (χ1n) is 14.2. The van der Waals surface area contributed by atoms with Gasteiger partial charge in [0.05, 0.1) is 0 Å². The fourth-order valence-corrected chi connectivity index (χ4v) is 25.5. The van der Waals surface area contributed by atoms with Crippen LogP contribution in [0.1, 0.15) is 84.0 Å². The molecule has 4 fully saturated rings. The molecule has 0 aromatic carbocycles. The third-order valence-electron chi connectivity index (χ3n) is 10.9. The van der Waals surface area contributed by atoms with Crippen molar-refractivity contribution in [2.75, 3.05) is 0 Å². The summed E-state index contributed by atoms with van der Waals surface area (Å²) >= 11 is -0.826. The van der Waals surface area contributed by atoms with Crippen molar-refractivity contribution in [3.63, 3.8) is 0 Å². The molecule has 0 radical (unpaired) electrons. The molecule has 0 amide bonds. The zero-order chi connectivity index (χ0) is 23.5. The number of halogens is 2. The number of rotatable bonds is 7. The molecule has 10 unspecified atom stereocenters. The van der Waals surface area contributed by atoms with Crippen LogP contribution in [0.25, 0.3) is 0 Å². The topological polar surface area (TPSA) is 0 Å². The molecule has 10 atom stereocenters. The molecule has 0 heterocycles. The molecule has 4 aliphatic rings. The van der Waals surface area contributed by atoms with Crippen LogP contribution in [0.5, 0.6) is 0 Å². The van der Waals surface area contributed by atoms with Crippen LogP contribution in [0, 0.1) is 44.4 Å². The first kappa shape index (κ1) is 34.1. The summed E-state index contributed by atoms with van der Waals surface area (Å²) in [7, 11) is 7.83. The van der Waals surface area contributed by atoms with Crippen molar-refractivity contribution < 1.29 is 20.8 Å². The average Bonchev–Trinajstić information content (AvgIpc) is 3.48. The Bertz CT molecular complexity index is 572. The molecule has 4 aliphatic carbocycles. The summed E-state index contributed by atoms with van der Waals surface area (Å²) in [4.78, 5) is 0. The van der Waals surface area contributed by atoms with E-state index >= 15 is 0 Å². The van der Waals surface area contributed by atoms with Gasteiger partial charge in [-0.1, -0.05) is 116 Å². The third kappa shape index (κ3) is 8.06. The monoisotopic (exact) mass is 638 g/mol. The maximum atomic E-state index is 4.93. The van der Waals surface area contributed by atoms with Crippen LogP contribution in [0.4, 0.5) is 0 Å². The predicted octanol–water partition coefficient (Wildman–Crippen LogP) is 10.3.